The van der Waals surface area contributed by atoms with E-state index in [1.165, 1.54) is 111 Å². The van der Waals surface area contributed by atoms with Crippen LogP contribution in [0.15, 0.2) is 257 Å². The maximum absolute atomic E-state index is 15.2. The number of pyridine rings is 2. The van der Waals surface area contributed by atoms with Crippen molar-refractivity contribution >= 4 is 197 Å². The van der Waals surface area contributed by atoms with Gasteiger partial charge in [-0.1, -0.05) is 121 Å². The van der Waals surface area contributed by atoms with Crippen LogP contribution in [0.2, 0.25) is 0 Å². The van der Waals surface area contributed by atoms with E-state index >= 15 is 9.59 Å². The van der Waals surface area contributed by atoms with E-state index < -0.39 is 253 Å². The Morgan fingerprint density at radius 3 is 0.986 bits per heavy atom. The molecule has 0 bridgehead atoms. The van der Waals surface area contributed by atoms with E-state index in [0.717, 1.165) is 57.7 Å². The largest absolute Gasteiger partial charge is 0.478 e. The molecule has 2 aliphatic rings. The number of aromatic carboxylic acids is 2. The molecule has 140 heavy (non-hydrogen) atoms. The molecule has 4 aromatic heterocycles. The molecule has 0 radical (unpaired) electrons. The van der Waals surface area contributed by atoms with Gasteiger partial charge in [-0.05, 0) is 130 Å². The van der Waals surface area contributed by atoms with Gasteiger partial charge in [-0.15, -0.1) is 0 Å². The van der Waals surface area contributed by atoms with E-state index in [1.54, 1.807) is 48.5 Å². The number of ketones is 4. The van der Waals surface area contributed by atoms with Gasteiger partial charge in [0.1, 0.15) is 42.2 Å². The lowest BCUT2D eigenvalue weighted by Gasteiger charge is -2.26. The molecule has 0 saturated heterocycles. The van der Waals surface area contributed by atoms with Gasteiger partial charge >= 0.3 is 24.0 Å². The van der Waals surface area contributed by atoms with Gasteiger partial charge in [0.2, 0.25) is 23.8 Å². The van der Waals surface area contributed by atoms with Gasteiger partial charge in [-0.25, -0.2) is 9.59 Å². The van der Waals surface area contributed by atoms with Crippen molar-refractivity contribution in [1.82, 2.24) is 39.0 Å². The van der Waals surface area contributed by atoms with Gasteiger partial charge in [0, 0.05) is 71.3 Å². The number of aromatic nitrogens is 8. The Kier molecular flexibility index (Phi) is 23.2. The summed E-state index contributed by atoms with van der Waals surface area (Å²) < 4.78 is 237. The summed E-state index contributed by atoms with van der Waals surface area (Å²) in [5.41, 5.74) is -10.6. The first-order valence-electron chi connectivity index (χ1n) is 40.3. The highest BCUT2D eigenvalue weighted by molar-refractivity contribution is 7.87. The molecule has 4 heterocycles. The topological polar surface area (TPSA) is 681 Å². The summed E-state index contributed by atoms with van der Waals surface area (Å²) in [5, 5.41) is 38.7. The molecule has 0 unspecified atom stereocenters. The first-order valence-corrected chi connectivity index (χ1v) is 48.9. The molecule has 14 N–H and O–H groups in total. The molecule has 50 heteroatoms. The van der Waals surface area contributed by atoms with Gasteiger partial charge < -0.3 is 60.7 Å². The van der Waals surface area contributed by atoms with Crippen LogP contribution in [0.3, 0.4) is 0 Å². The maximum Gasteiger partial charge on any atom is 0.339 e. The molecule has 44 nitrogen and oxygen atoms in total. The van der Waals surface area contributed by atoms with E-state index in [-0.39, 0.29) is 89.8 Å². The normalized spacial score (nSPS) is 12.5. The van der Waals surface area contributed by atoms with Crippen LogP contribution in [0.1, 0.15) is 84.4 Å². The number of benzene rings is 12. The second kappa shape index (κ2) is 34.7. The fourth-order valence-corrected chi connectivity index (χ4v) is 20.1. The number of nitrogens with zero attached hydrogens (tertiary/aromatic N) is 8. The van der Waals surface area contributed by atoms with Gasteiger partial charge in [0.15, 0.2) is 23.1 Å². The molecule has 18 rings (SSSR count). The lowest BCUT2D eigenvalue weighted by Crippen LogP contribution is -2.29. The monoisotopic (exact) mass is 2010 g/mol. The predicted molar refractivity (Wildman–Crippen MR) is 499 cm³/mol. The molecule has 2 aliphatic carbocycles. The molecule has 0 fully saturated rings. The van der Waals surface area contributed by atoms with Crippen molar-refractivity contribution in [3.63, 3.8) is 0 Å². The number of ether oxygens (including phenoxy) is 2. The third kappa shape index (κ3) is 17.5. The second-order valence-corrected chi connectivity index (χ2v) is 39.5. The van der Waals surface area contributed by atoms with Crippen molar-refractivity contribution in [1.29, 1.82) is 0 Å². The van der Waals surface area contributed by atoms with Gasteiger partial charge in [0.05, 0.1) is 77.2 Å². The van der Waals surface area contributed by atoms with Gasteiger partial charge in [-0.2, -0.15) is 80.4 Å². The molecule has 16 aromatic rings. The highest BCUT2D eigenvalue weighted by Gasteiger charge is 2.40. The Morgan fingerprint density at radius 1 is 0.329 bits per heavy atom. The standard InChI is InChI=1S/C90H60N14O30S6/c1-103-61-27-25-55(71-73(61)69(49-21-7-9-23-51(49)79(71)107)75(81(103)109)77(105)45-17-11-19-47(31-45)135(115,116)117)93-57-37-59(67(139(127,128)129)39-65(57)137(121,122)123)95-87-97-85(99-89(101-87)133-63-35-43-15-5-3-13-41(43)33-53(63)83(111)112)91-29-30-92-86-98-88(102-90(100-86)134-64-36-44-16-6-4-14-42(44)34-54(64)84(113)114)96-60-38-58(66(138(124,125)126)40-68(60)140(130,131)132)94-56-26-28-62-74-70(50-22-8-10-24-52(50)80(108)72(56)74)76(82(110)104(62)2)78(106)46-18-12-20-48(32-46)136(118,119)120/h3-28,31-40,93-94H,29-30H2,1-2H3,(H,111,112)(H,113,114)(H,115,116,117)(H,118,119,120)(H,121,122,123)(H,124,125,126)(H,127,128,129)(H,130,131,132)(H2,91,95,97,99,101)(H2,92,96,98,100,102). The zero-order chi connectivity index (χ0) is 99.8. The number of fused-ring (bicyclic) bond motifs is 6. The van der Waals surface area contributed by atoms with Crippen LogP contribution in [0.5, 0.6) is 23.5 Å². The number of carbonyl (C=O) groups excluding carboxylic acids is 4. The number of hydrogen-bond acceptors (Lipinski definition) is 34. The maximum atomic E-state index is 15.2. The third-order valence-electron chi connectivity index (χ3n) is 22.5. The quantitative estimate of drug-likeness (QED) is 0.0118. The SMILES string of the molecule is Cn1c(=O)c(C(=O)c2cccc(S(=O)(=O)O)c2)c2c3c(c(Nc4cc(Nc5nc(NCCNc6nc(Nc7cc(Nc8ccc9c%10c8C(=O)c8ccccc8-c%10c(C(=O)c8cccc(S(=O)(=O)O)c8)c(=O)n9C)c(S(=O)(=O)O)cc7S(=O)(=O)O)nc(Oc7cc8ccccc8cc7C(=O)O)n6)nc(Oc6cc7ccccc7cc6C(=O)O)n5)c(S(=O)(=O)O)cc4S(=O)(=O)O)ccc31)C(=O)c1ccccc1-2. The van der Waals surface area contributed by atoms with Crippen LogP contribution in [0.4, 0.5) is 57.9 Å². The Balaban J connectivity index is 0.727. The fraction of sp³-hybridized carbons (Fsp3) is 0.0444. The van der Waals surface area contributed by atoms with E-state index in [4.69, 9.17) is 9.47 Å². The second-order valence-electron chi connectivity index (χ2n) is 31.1. The summed E-state index contributed by atoms with van der Waals surface area (Å²) in [4.78, 5) is 134. The van der Waals surface area contributed by atoms with E-state index in [0.29, 0.717) is 33.7 Å². The molecule has 12 aromatic carbocycles. The van der Waals surface area contributed by atoms with E-state index in [1.807, 2.05) is 0 Å². The number of rotatable bonds is 29. The highest BCUT2D eigenvalue weighted by Crippen LogP contribution is 2.49. The minimum absolute atomic E-state index is 0.0116. The summed E-state index contributed by atoms with van der Waals surface area (Å²) in [5.74, 6) is -10.6. The Hall–Kier alpha value is -16.9. The number of carboxylic acids is 2. The van der Waals surface area contributed by atoms with E-state index in [2.05, 4.69) is 61.8 Å². The number of nitrogens with one attached hydrogen (secondary N) is 6. The summed E-state index contributed by atoms with van der Waals surface area (Å²) >= 11 is 0. The highest BCUT2D eigenvalue weighted by atomic mass is 32.2. The van der Waals surface area contributed by atoms with Crippen molar-refractivity contribution in [2.24, 2.45) is 14.1 Å². The van der Waals surface area contributed by atoms with Gasteiger partial charge in [0.25, 0.3) is 71.8 Å². The van der Waals surface area contributed by atoms with E-state index in [9.17, 15) is 117 Å². The van der Waals surface area contributed by atoms with Crippen LogP contribution in [-0.2, 0) is 74.8 Å². The molecular formula is C90H60N14O30S6. The average molecular weight is 2010 g/mol. The molecular weight excluding hydrogens is 1950 g/mol. The Morgan fingerprint density at radius 2 is 0.650 bits per heavy atom. The van der Waals surface area contributed by atoms with Crippen LogP contribution >= 0.6 is 0 Å². The Bertz CT molecular complexity index is 8700. The fourth-order valence-electron chi connectivity index (χ4n) is 16.3. The summed E-state index contributed by atoms with van der Waals surface area (Å²) in [6, 6.07) is 42.4. The van der Waals surface area contributed by atoms with Gasteiger partial charge in [-0.3, -0.25) is 56.1 Å². The number of hydrogen-bond donors (Lipinski definition) is 14. The number of carbonyl (C=O) groups is 6. The van der Waals surface area contributed by atoms with Crippen molar-refractivity contribution in [3.8, 4) is 45.8 Å². The summed E-state index contributed by atoms with van der Waals surface area (Å²) in [6.07, 6.45) is 0. The molecule has 706 valence electrons. The van der Waals surface area contributed by atoms with Crippen LogP contribution in [0.25, 0.3) is 65.6 Å². The molecule has 0 aliphatic heterocycles. The lowest BCUT2D eigenvalue weighted by molar-refractivity contribution is 0.0683. The summed E-state index contributed by atoms with van der Waals surface area (Å²) in [7, 11) is -30.2. The Labute approximate surface area is 786 Å². The minimum Gasteiger partial charge on any atom is -0.478 e. The first kappa shape index (κ1) is 93.5. The predicted octanol–water partition coefficient (Wildman–Crippen LogP) is 11.9. The smallest absolute Gasteiger partial charge is 0.339 e. The van der Waals surface area contributed by atoms with Crippen molar-refractivity contribution < 1.29 is 126 Å². The minimum atomic E-state index is -5.72. The zero-order valence-electron chi connectivity index (χ0n) is 70.8. The van der Waals surface area contributed by atoms with Crippen molar-refractivity contribution in [2.45, 2.75) is 29.4 Å². The number of aryl methyl sites for hydroxylation is 2. The van der Waals surface area contributed by atoms with Crippen molar-refractivity contribution in [3.05, 3.63) is 295 Å². The first-order chi connectivity index (χ1) is 66.1. The lowest BCUT2D eigenvalue weighted by atomic mass is 9.80. The molecule has 0 saturated carbocycles. The molecule has 0 amide bonds. The third-order valence-corrected chi connectivity index (χ3v) is 27.8. The average Bonchev–Trinajstić information content (AvgIpc) is 0.706. The number of carboxylic acid groups (broad SMARTS) is 2. The summed E-state index contributed by atoms with van der Waals surface area (Å²) in [6.45, 7) is -0.946. The molecule has 0 spiro atoms. The van der Waals surface area contributed by atoms with Crippen LogP contribution < -0.4 is 52.5 Å². The number of anilines is 10. The zero-order valence-corrected chi connectivity index (χ0v) is 75.7. The van der Waals surface area contributed by atoms with Crippen molar-refractivity contribution in [2.75, 3.05) is 45.0 Å². The van der Waals surface area contributed by atoms with Crippen LogP contribution in [0, 0.1) is 0 Å². The molecule has 0 atom stereocenters. The van der Waals surface area contributed by atoms with Crippen LogP contribution in [-0.4, -0.2) is 175 Å².